The zero-order valence-electron chi connectivity index (χ0n) is 16.2. The number of likely N-dealkylation sites (tertiary alicyclic amines) is 1. The van der Waals surface area contributed by atoms with Crippen LogP contribution in [0.4, 0.5) is 0 Å². The van der Waals surface area contributed by atoms with Crippen molar-refractivity contribution in [3.63, 3.8) is 0 Å². The average Bonchev–Trinajstić information content (AvgIpc) is 3.07. The molecular weight excluding hydrogens is 328 g/mol. The number of hydrogen-bond acceptors (Lipinski definition) is 4. The summed E-state index contributed by atoms with van der Waals surface area (Å²) in [4.78, 5) is 11.3. The normalized spacial score (nSPS) is 19.8. The van der Waals surface area contributed by atoms with Crippen molar-refractivity contribution in [2.75, 3.05) is 40.5 Å². The van der Waals surface area contributed by atoms with E-state index in [2.05, 4.69) is 20.2 Å². The second-order valence-corrected chi connectivity index (χ2v) is 7.44. The summed E-state index contributed by atoms with van der Waals surface area (Å²) in [7, 11) is 3.54. The molecule has 1 N–H and O–H groups in total. The van der Waals surface area contributed by atoms with Gasteiger partial charge in [-0.1, -0.05) is 25.3 Å². The molecule has 0 atom stereocenters. The van der Waals surface area contributed by atoms with Crippen molar-refractivity contribution in [3.8, 4) is 5.88 Å². The number of aromatic nitrogens is 1. The lowest BCUT2D eigenvalue weighted by atomic mass is 9.73. The van der Waals surface area contributed by atoms with Crippen molar-refractivity contribution in [2.24, 2.45) is 10.4 Å². The molecule has 2 heterocycles. The number of aliphatic imine (C=N–C) groups is 1. The van der Waals surface area contributed by atoms with Gasteiger partial charge in [0.2, 0.25) is 5.88 Å². The van der Waals surface area contributed by atoms with Gasteiger partial charge in [-0.25, -0.2) is 4.98 Å². The van der Waals surface area contributed by atoms with Crippen LogP contribution in [-0.4, -0.2) is 56.3 Å². The van der Waals surface area contributed by atoms with Crippen LogP contribution < -0.4 is 10.1 Å². The lowest BCUT2D eigenvalue weighted by Gasteiger charge is -2.33. The standard InChI is InChI=1S/C20H32N4O2/c1-21-19(24-12-10-20(16-24)8-4-3-5-9-20)23-15-17-7-6-11-22-18(17)26-14-13-25-2/h6-7,11H,3-5,8-10,12-16H2,1-2H3,(H,21,23). The lowest BCUT2D eigenvalue weighted by molar-refractivity contribution is 0.143. The first-order chi connectivity index (χ1) is 12.8. The summed E-state index contributed by atoms with van der Waals surface area (Å²) in [6, 6.07) is 3.98. The van der Waals surface area contributed by atoms with Gasteiger partial charge in [0.15, 0.2) is 5.96 Å². The first-order valence-electron chi connectivity index (χ1n) is 9.78. The molecule has 1 aromatic rings. The van der Waals surface area contributed by atoms with Crippen LogP contribution in [0.5, 0.6) is 5.88 Å². The molecule has 26 heavy (non-hydrogen) atoms. The van der Waals surface area contributed by atoms with Crippen LogP contribution in [0.15, 0.2) is 23.3 Å². The molecule has 0 amide bonds. The average molecular weight is 361 g/mol. The van der Waals surface area contributed by atoms with Crippen molar-refractivity contribution in [1.82, 2.24) is 15.2 Å². The maximum absolute atomic E-state index is 5.73. The molecule has 1 spiro atoms. The minimum absolute atomic E-state index is 0.504. The van der Waals surface area contributed by atoms with Crippen molar-refractivity contribution in [2.45, 2.75) is 45.1 Å². The Bertz CT molecular complexity index is 599. The largest absolute Gasteiger partial charge is 0.475 e. The van der Waals surface area contributed by atoms with Gasteiger partial charge in [0.1, 0.15) is 6.61 Å². The molecule has 6 heteroatoms. The highest BCUT2D eigenvalue weighted by molar-refractivity contribution is 5.80. The van der Waals surface area contributed by atoms with Crippen LogP contribution in [0.2, 0.25) is 0 Å². The fraction of sp³-hybridized carbons (Fsp3) is 0.700. The Balaban J connectivity index is 1.56. The van der Waals surface area contributed by atoms with Crippen LogP contribution in [0.3, 0.4) is 0 Å². The number of hydrogen-bond donors (Lipinski definition) is 1. The van der Waals surface area contributed by atoms with Crippen LogP contribution in [0.1, 0.15) is 44.1 Å². The second kappa shape index (κ2) is 9.21. The Kier molecular flexibility index (Phi) is 6.72. The van der Waals surface area contributed by atoms with E-state index in [0.29, 0.717) is 31.1 Å². The van der Waals surface area contributed by atoms with E-state index in [4.69, 9.17) is 9.47 Å². The minimum atomic E-state index is 0.504. The van der Waals surface area contributed by atoms with Crippen molar-refractivity contribution < 1.29 is 9.47 Å². The predicted molar refractivity (Wildman–Crippen MR) is 104 cm³/mol. The third-order valence-corrected chi connectivity index (χ3v) is 5.68. The second-order valence-electron chi connectivity index (χ2n) is 7.44. The van der Waals surface area contributed by atoms with E-state index in [9.17, 15) is 0 Å². The van der Waals surface area contributed by atoms with E-state index < -0.39 is 0 Å². The molecule has 1 saturated heterocycles. The van der Waals surface area contributed by atoms with Gasteiger partial charge < -0.3 is 19.7 Å². The Morgan fingerprint density at radius 3 is 2.88 bits per heavy atom. The lowest BCUT2D eigenvalue weighted by Crippen LogP contribution is -2.41. The molecule has 0 aromatic carbocycles. The number of nitrogens with one attached hydrogen (secondary N) is 1. The summed E-state index contributed by atoms with van der Waals surface area (Å²) in [6.07, 6.45) is 9.98. The smallest absolute Gasteiger partial charge is 0.218 e. The maximum atomic E-state index is 5.73. The molecule has 3 rings (SSSR count). The summed E-state index contributed by atoms with van der Waals surface area (Å²) in [5, 5.41) is 3.51. The summed E-state index contributed by atoms with van der Waals surface area (Å²) in [5.74, 6) is 1.65. The minimum Gasteiger partial charge on any atom is -0.475 e. The van der Waals surface area contributed by atoms with E-state index >= 15 is 0 Å². The van der Waals surface area contributed by atoms with Crippen molar-refractivity contribution in [3.05, 3.63) is 23.9 Å². The highest BCUT2D eigenvalue weighted by Crippen LogP contribution is 2.43. The fourth-order valence-electron chi connectivity index (χ4n) is 4.24. The molecule has 2 aliphatic rings. The predicted octanol–water partition coefficient (Wildman–Crippen LogP) is 2.84. The first-order valence-corrected chi connectivity index (χ1v) is 9.78. The number of guanidine groups is 1. The Morgan fingerprint density at radius 2 is 2.12 bits per heavy atom. The highest BCUT2D eigenvalue weighted by atomic mass is 16.5. The Labute approximate surface area is 157 Å². The third kappa shape index (κ3) is 4.67. The van der Waals surface area contributed by atoms with E-state index in [0.717, 1.165) is 24.6 Å². The van der Waals surface area contributed by atoms with Crippen molar-refractivity contribution in [1.29, 1.82) is 0 Å². The Morgan fingerprint density at radius 1 is 1.27 bits per heavy atom. The molecule has 144 valence electrons. The molecule has 0 unspecified atom stereocenters. The Hall–Kier alpha value is -1.82. The molecule has 0 radical (unpaired) electrons. The quantitative estimate of drug-likeness (QED) is 0.480. The van der Waals surface area contributed by atoms with Crippen LogP contribution in [0, 0.1) is 5.41 Å². The fourth-order valence-corrected chi connectivity index (χ4v) is 4.24. The number of ether oxygens (including phenoxy) is 2. The van der Waals surface area contributed by atoms with Crippen LogP contribution >= 0.6 is 0 Å². The number of nitrogens with zero attached hydrogens (tertiary/aromatic N) is 3. The first kappa shape index (κ1) is 19.0. The van der Waals surface area contributed by atoms with Gasteiger partial charge in [0, 0.05) is 45.6 Å². The van der Waals surface area contributed by atoms with Gasteiger partial charge in [0.05, 0.1) is 6.61 Å². The number of methoxy groups -OCH3 is 1. The van der Waals surface area contributed by atoms with Gasteiger partial charge in [0.25, 0.3) is 0 Å². The molecule has 1 aliphatic heterocycles. The number of rotatable bonds is 6. The van der Waals surface area contributed by atoms with E-state index in [1.807, 2.05) is 19.2 Å². The molecule has 6 nitrogen and oxygen atoms in total. The highest BCUT2D eigenvalue weighted by Gasteiger charge is 2.39. The SMILES string of the molecule is CN=C(NCc1cccnc1OCCOC)N1CCC2(CCCCC2)C1. The zero-order chi connectivity index (χ0) is 18.2. The topological polar surface area (TPSA) is 59.0 Å². The van der Waals surface area contributed by atoms with Crippen LogP contribution in [0.25, 0.3) is 0 Å². The number of pyridine rings is 1. The van der Waals surface area contributed by atoms with E-state index in [1.54, 1.807) is 13.3 Å². The summed E-state index contributed by atoms with van der Waals surface area (Å²) < 4.78 is 10.8. The molecule has 1 aliphatic carbocycles. The van der Waals surface area contributed by atoms with Gasteiger partial charge in [-0.15, -0.1) is 0 Å². The van der Waals surface area contributed by atoms with Crippen molar-refractivity contribution >= 4 is 5.96 Å². The van der Waals surface area contributed by atoms with Gasteiger partial charge in [-0.3, -0.25) is 4.99 Å². The van der Waals surface area contributed by atoms with E-state index in [-0.39, 0.29) is 0 Å². The van der Waals surface area contributed by atoms with Crippen LogP contribution in [-0.2, 0) is 11.3 Å². The zero-order valence-corrected chi connectivity index (χ0v) is 16.2. The molecule has 0 bridgehead atoms. The van der Waals surface area contributed by atoms with Gasteiger partial charge >= 0.3 is 0 Å². The summed E-state index contributed by atoms with van der Waals surface area (Å²) in [6.45, 7) is 3.96. The molecule has 1 aromatic heterocycles. The molecule has 2 fully saturated rings. The maximum Gasteiger partial charge on any atom is 0.218 e. The summed E-state index contributed by atoms with van der Waals surface area (Å²) in [5.41, 5.74) is 1.56. The van der Waals surface area contributed by atoms with Gasteiger partial charge in [-0.05, 0) is 30.7 Å². The molecule has 1 saturated carbocycles. The monoisotopic (exact) mass is 360 g/mol. The summed E-state index contributed by atoms with van der Waals surface area (Å²) >= 11 is 0. The van der Waals surface area contributed by atoms with E-state index in [1.165, 1.54) is 38.5 Å². The molecular formula is C20H32N4O2. The van der Waals surface area contributed by atoms with Gasteiger partial charge in [-0.2, -0.15) is 0 Å². The third-order valence-electron chi connectivity index (χ3n) is 5.68.